The Kier molecular flexibility index (Phi) is 9.83. The lowest BCUT2D eigenvalue weighted by Gasteiger charge is -2.29. The number of ether oxygens (including phenoxy) is 2. The van der Waals surface area contributed by atoms with Crippen LogP contribution >= 0.6 is 24.0 Å². The number of aliphatic imine (C=N–C) groups is 1. The van der Waals surface area contributed by atoms with Crippen molar-refractivity contribution in [1.82, 2.24) is 15.6 Å². The molecule has 8 heteroatoms. The van der Waals surface area contributed by atoms with Crippen LogP contribution in [0.15, 0.2) is 47.6 Å². The average Bonchev–Trinajstić information content (AvgIpc) is 2.75. The van der Waals surface area contributed by atoms with Crippen molar-refractivity contribution in [3.63, 3.8) is 0 Å². The van der Waals surface area contributed by atoms with E-state index in [0.717, 1.165) is 55.0 Å². The van der Waals surface area contributed by atoms with Gasteiger partial charge in [-0.15, -0.1) is 24.0 Å². The number of rotatable bonds is 6. The maximum Gasteiger partial charge on any atom is 0.191 e. The first-order valence-electron chi connectivity index (χ1n) is 10.4. The molecule has 1 aliphatic rings. The molecule has 1 aliphatic heterocycles. The van der Waals surface area contributed by atoms with Crippen LogP contribution in [-0.2, 0) is 17.8 Å². The third kappa shape index (κ3) is 7.84. The van der Waals surface area contributed by atoms with Gasteiger partial charge < -0.3 is 25.0 Å². The molecule has 0 amide bonds. The van der Waals surface area contributed by atoms with Crippen LogP contribution in [0.25, 0.3) is 0 Å². The van der Waals surface area contributed by atoms with Crippen LogP contribution in [0, 0.1) is 0 Å². The number of halogens is 1. The fourth-order valence-corrected chi connectivity index (χ4v) is 3.29. The summed E-state index contributed by atoms with van der Waals surface area (Å²) in [7, 11) is 1.78. The van der Waals surface area contributed by atoms with Crippen molar-refractivity contribution in [2.24, 2.45) is 4.99 Å². The summed E-state index contributed by atoms with van der Waals surface area (Å²) in [5.74, 6) is 2.62. The Bertz CT molecular complexity index is 848. The Morgan fingerprint density at radius 2 is 1.71 bits per heavy atom. The number of nitrogens with zero attached hydrogens (tertiary/aromatic N) is 3. The van der Waals surface area contributed by atoms with Crippen molar-refractivity contribution in [1.29, 1.82) is 0 Å². The molecule has 1 aromatic heterocycles. The van der Waals surface area contributed by atoms with Gasteiger partial charge in [-0.05, 0) is 32.9 Å². The molecule has 2 heterocycles. The molecule has 170 valence electrons. The summed E-state index contributed by atoms with van der Waals surface area (Å²) in [4.78, 5) is 11.2. The van der Waals surface area contributed by atoms with E-state index < -0.39 is 0 Å². The zero-order chi connectivity index (χ0) is 21.4. The molecule has 2 N–H and O–H groups in total. The molecule has 0 saturated carbocycles. The number of nitrogens with one attached hydrogen (secondary N) is 2. The molecule has 0 unspecified atom stereocenters. The quantitative estimate of drug-likeness (QED) is 0.333. The molecular weight excluding hydrogens is 505 g/mol. The van der Waals surface area contributed by atoms with Crippen LogP contribution < -0.4 is 20.3 Å². The predicted octanol–water partition coefficient (Wildman–Crippen LogP) is 3.58. The summed E-state index contributed by atoms with van der Waals surface area (Å²) >= 11 is 0. The molecule has 2 aromatic rings. The molecule has 1 saturated heterocycles. The topological polar surface area (TPSA) is 71.0 Å². The second-order valence-corrected chi connectivity index (χ2v) is 8.19. The van der Waals surface area contributed by atoms with Gasteiger partial charge in [0.25, 0.3) is 0 Å². The number of anilines is 1. The Morgan fingerprint density at radius 1 is 1.06 bits per heavy atom. The predicted molar refractivity (Wildman–Crippen MR) is 137 cm³/mol. The first-order chi connectivity index (χ1) is 14.5. The highest BCUT2D eigenvalue weighted by molar-refractivity contribution is 14.0. The van der Waals surface area contributed by atoms with Crippen molar-refractivity contribution in [3.8, 4) is 5.75 Å². The molecule has 0 aliphatic carbocycles. The highest BCUT2D eigenvalue weighted by Gasteiger charge is 2.17. The third-order valence-electron chi connectivity index (χ3n) is 4.68. The van der Waals surface area contributed by atoms with Gasteiger partial charge in [-0.2, -0.15) is 0 Å². The first-order valence-corrected chi connectivity index (χ1v) is 10.4. The van der Waals surface area contributed by atoms with Gasteiger partial charge in [0, 0.05) is 50.6 Å². The molecular formula is C23H34IN5O2. The monoisotopic (exact) mass is 539 g/mol. The van der Waals surface area contributed by atoms with E-state index in [9.17, 15) is 0 Å². The van der Waals surface area contributed by atoms with Gasteiger partial charge in [0.15, 0.2) is 5.96 Å². The lowest BCUT2D eigenvalue weighted by atomic mass is 10.1. The summed E-state index contributed by atoms with van der Waals surface area (Å²) in [6.45, 7) is 10.6. The molecule has 1 fully saturated rings. The molecule has 3 rings (SSSR count). The minimum Gasteiger partial charge on any atom is -0.488 e. The normalized spacial score (nSPS) is 14.6. The van der Waals surface area contributed by atoms with E-state index in [0.29, 0.717) is 13.1 Å². The lowest BCUT2D eigenvalue weighted by molar-refractivity contribution is 0.122. The average molecular weight is 539 g/mol. The number of benzene rings is 1. The molecule has 0 bridgehead atoms. The lowest BCUT2D eigenvalue weighted by Crippen LogP contribution is -2.39. The number of guanidine groups is 1. The largest absolute Gasteiger partial charge is 0.488 e. The molecule has 0 spiro atoms. The van der Waals surface area contributed by atoms with E-state index in [2.05, 4.69) is 58.4 Å². The Labute approximate surface area is 202 Å². The number of aromatic nitrogens is 1. The Morgan fingerprint density at radius 3 is 2.39 bits per heavy atom. The third-order valence-corrected chi connectivity index (χ3v) is 4.68. The maximum atomic E-state index is 6.09. The Hall–Kier alpha value is -2.07. The van der Waals surface area contributed by atoms with Crippen LogP contribution in [0.5, 0.6) is 5.75 Å². The summed E-state index contributed by atoms with van der Waals surface area (Å²) < 4.78 is 11.6. The number of pyridine rings is 1. The van der Waals surface area contributed by atoms with Crippen molar-refractivity contribution in [3.05, 3.63) is 53.7 Å². The summed E-state index contributed by atoms with van der Waals surface area (Å²) in [5.41, 5.74) is 1.98. The van der Waals surface area contributed by atoms with Crippen molar-refractivity contribution in [2.75, 3.05) is 38.3 Å². The fraction of sp³-hybridized carbons (Fsp3) is 0.478. The molecule has 7 nitrogen and oxygen atoms in total. The standard InChI is InChI=1S/C23H33N5O2.HI/c1-23(2,3)30-20-10-6-5-8-18(20)16-26-22(24-4)27-17-19-9-7-11-25-21(19)28-12-14-29-15-13-28;/h5-11H,12-17H2,1-4H3,(H2,24,26,27);1H. The fourth-order valence-electron chi connectivity index (χ4n) is 3.29. The van der Waals surface area contributed by atoms with Crippen molar-refractivity contribution < 1.29 is 9.47 Å². The number of hydrogen-bond donors (Lipinski definition) is 2. The molecule has 0 radical (unpaired) electrons. The molecule has 1 aromatic carbocycles. The number of morpholine rings is 1. The van der Waals surface area contributed by atoms with Crippen LogP contribution in [0.4, 0.5) is 5.82 Å². The molecule has 0 atom stereocenters. The number of hydrogen-bond acceptors (Lipinski definition) is 5. The van der Waals surface area contributed by atoms with E-state index in [4.69, 9.17) is 9.47 Å². The van der Waals surface area contributed by atoms with Gasteiger partial charge in [0.2, 0.25) is 0 Å². The van der Waals surface area contributed by atoms with E-state index in [-0.39, 0.29) is 29.6 Å². The van der Waals surface area contributed by atoms with E-state index in [1.807, 2.05) is 30.5 Å². The maximum absolute atomic E-state index is 6.09. The van der Waals surface area contributed by atoms with Crippen LogP contribution in [0.2, 0.25) is 0 Å². The Balaban J connectivity index is 0.00000341. The van der Waals surface area contributed by atoms with E-state index in [1.54, 1.807) is 7.05 Å². The van der Waals surface area contributed by atoms with Crippen LogP contribution in [-0.4, -0.2) is 49.9 Å². The van der Waals surface area contributed by atoms with E-state index in [1.165, 1.54) is 0 Å². The van der Waals surface area contributed by atoms with Gasteiger partial charge in [0.1, 0.15) is 17.2 Å². The summed E-state index contributed by atoms with van der Waals surface area (Å²) in [6.07, 6.45) is 1.84. The second-order valence-electron chi connectivity index (χ2n) is 8.19. The SMILES string of the molecule is CN=C(NCc1ccccc1OC(C)(C)C)NCc1cccnc1N1CCOCC1.I. The summed E-state index contributed by atoms with van der Waals surface area (Å²) in [6, 6.07) is 12.2. The summed E-state index contributed by atoms with van der Waals surface area (Å²) in [5, 5.41) is 6.79. The van der Waals surface area contributed by atoms with Crippen molar-refractivity contribution >= 4 is 35.8 Å². The zero-order valence-corrected chi connectivity index (χ0v) is 21.2. The van der Waals surface area contributed by atoms with Gasteiger partial charge in [-0.25, -0.2) is 4.98 Å². The highest BCUT2D eigenvalue weighted by Crippen LogP contribution is 2.23. The minimum atomic E-state index is -0.244. The van der Waals surface area contributed by atoms with Crippen molar-refractivity contribution in [2.45, 2.75) is 39.5 Å². The van der Waals surface area contributed by atoms with Crippen LogP contribution in [0.1, 0.15) is 31.9 Å². The second kappa shape index (κ2) is 12.1. The van der Waals surface area contributed by atoms with E-state index >= 15 is 0 Å². The highest BCUT2D eigenvalue weighted by atomic mass is 127. The minimum absolute atomic E-state index is 0. The number of para-hydroxylation sites is 1. The zero-order valence-electron chi connectivity index (χ0n) is 18.9. The van der Waals surface area contributed by atoms with Gasteiger partial charge in [-0.3, -0.25) is 4.99 Å². The van der Waals surface area contributed by atoms with Gasteiger partial charge in [-0.1, -0.05) is 24.3 Å². The van der Waals surface area contributed by atoms with Crippen LogP contribution in [0.3, 0.4) is 0 Å². The van der Waals surface area contributed by atoms with Gasteiger partial charge in [0.05, 0.1) is 13.2 Å². The smallest absolute Gasteiger partial charge is 0.191 e. The first kappa shape index (κ1) is 25.2. The van der Waals surface area contributed by atoms with Gasteiger partial charge >= 0.3 is 0 Å². The molecule has 31 heavy (non-hydrogen) atoms.